The average Bonchev–Trinajstić information content (AvgIpc) is 3.07. The fraction of sp³-hybridized carbons (Fsp3) is 0.579. The number of hydrogen-bond acceptors (Lipinski definition) is 6. The zero-order valence-electron chi connectivity index (χ0n) is 15.8. The molecule has 3 fully saturated rings. The van der Waals surface area contributed by atoms with Crippen molar-refractivity contribution in [1.82, 2.24) is 20.0 Å². The Labute approximate surface area is 159 Å². The topological polar surface area (TPSA) is 79.4 Å². The van der Waals surface area contributed by atoms with Crippen molar-refractivity contribution in [2.24, 2.45) is 0 Å². The molecule has 8 nitrogen and oxygen atoms in total. The highest BCUT2D eigenvalue weighted by Crippen LogP contribution is 2.33. The highest BCUT2D eigenvalue weighted by atomic mass is 16.3. The molecule has 3 heterocycles. The van der Waals surface area contributed by atoms with E-state index < -0.39 is 6.04 Å². The molecule has 4 rings (SSSR count). The molecule has 1 aromatic rings. The molecule has 0 saturated carbocycles. The molecule has 3 aliphatic heterocycles. The van der Waals surface area contributed by atoms with Crippen LogP contribution in [-0.4, -0.2) is 83.5 Å². The van der Waals surface area contributed by atoms with Crippen molar-refractivity contribution in [3.63, 3.8) is 0 Å². The normalized spacial score (nSPS) is 28.6. The molecule has 2 N–H and O–H groups in total. The average molecular weight is 373 g/mol. The molecule has 3 saturated heterocycles. The number of nitrogens with zero attached hydrogens (tertiary/aromatic N) is 4. The van der Waals surface area contributed by atoms with Crippen LogP contribution in [0.15, 0.2) is 24.3 Å². The molecule has 146 valence electrons. The molecular weight excluding hydrogens is 346 g/mol. The van der Waals surface area contributed by atoms with Crippen LogP contribution in [0.3, 0.4) is 0 Å². The van der Waals surface area contributed by atoms with Crippen LogP contribution in [-0.2, 0) is 4.79 Å². The van der Waals surface area contributed by atoms with Crippen LogP contribution in [0.2, 0.25) is 0 Å². The summed E-state index contributed by atoms with van der Waals surface area (Å²) in [6.07, 6.45) is 0.895. The standard InChI is InChI=1S/C19H27N5O3/c1-13-5-7-14(8-6-13)22-9-3-10-23-15-16(20-18(22)23)21(2)19(27)24(17(15)26)11-4-12-25/h5-8,15-16,18,20,25H,3-4,9-12H2,1-2H3. The number of carbonyl (C=O) groups excluding carboxylic acids is 2. The molecule has 0 aliphatic carbocycles. The van der Waals surface area contributed by atoms with Gasteiger partial charge in [-0.05, 0) is 31.9 Å². The number of rotatable bonds is 4. The lowest BCUT2D eigenvalue weighted by atomic mass is 10.1. The number of likely N-dealkylation sites (N-methyl/N-ethyl adjacent to an activating group) is 1. The maximum atomic E-state index is 13.1. The fourth-order valence-corrected chi connectivity index (χ4v) is 4.35. The van der Waals surface area contributed by atoms with Crippen LogP contribution in [0, 0.1) is 6.92 Å². The largest absolute Gasteiger partial charge is 0.396 e. The van der Waals surface area contributed by atoms with E-state index in [1.165, 1.54) is 10.5 Å². The molecule has 0 radical (unpaired) electrons. The van der Waals surface area contributed by atoms with Gasteiger partial charge in [0.15, 0.2) is 0 Å². The third-order valence-electron chi connectivity index (χ3n) is 5.78. The lowest BCUT2D eigenvalue weighted by molar-refractivity contribution is -0.138. The summed E-state index contributed by atoms with van der Waals surface area (Å²) >= 11 is 0. The summed E-state index contributed by atoms with van der Waals surface area (Å²) < 4.78 is 0. The summed E-state index contributed by atoms with van der Waals surface area (Å²) in [5, 5.41) is 12.6. The van der Waals surface area contributed by atoms with E-state index in [2.05, 4.69) is 46.3 Å². The Morgan fingerprint density at radius 3 is 2.63 bits per heavy atom. The number of fused-ring (bicyclic) bond motifs is 3. The van der Waals surface area contributed by atoms with E-state index in [0.717, 1.165) is 25.2 Å². The Bertz CT molecular complexity index is 725. The van der Waals surface area contributed by atoms with Crippen LogP contribution < -0.4 is 10.2 Å². The molecule has 0 spiro atoms. The number of anilines is 1. The summed E-state index contributed by atoms with van der Waals surface area (Å²) in [5.41, 5.74) is 2.32. The van der Waals surface area contributed by atoms with Gasteiger partial charge in [0.05, 0.1) is 0 Å². The highest BCUT2D eigenvalue weighted by Gasteiger charge is 2.55. The Morgan fingerprint density at radius 1 is 1.19 bits per heavy atom. The van der Waals surface area contributed by atoms with E-state index in [0.29, 0.717) is 6.42 Å². The van der Waals surface area contributed by atoms with Crippen molar-refractivity contribution in [3.05, 3.63) is 29.8 Å². The first kappa shape index (κ1) is 18.2. The maximum absolute atomic E-state index is 13.1. The quantitative estimate of drug-likeness (QED) is 0.794. The van der Waals surface area contributed by atoms with Crippen LogP contribution in [0.5, 0.6) is 0 Å². The third kappa shape index (κ3) is 2.97. The first-order chi connectivity index (χ1) is 13.0. The van der Waals surface area contributed by atoms with E-state index in [4.69, 9.17) is 5.11 Å². The number of aliphatic hydroxyl groups is 1. The number of imide groups is 1. The molecule has 8 heteroatoms. The Hall–Kier alpha value is -2.16. The van der Waals surface area contributed by atoms with Gasteiger partial charge in [0, 0.05) is 39.0 Å². The molecule has 3 unspecified atom stereocenters. The van der Waals surface area contributed by atoms with E-state index in [9.17, 15) is 9.59 Å². The van der Waals surface area contributed by atoms with Gasteiger partial charge in [-0.25, -0.2) is 4.79 Å². The minimum Gasteiger partial charge on any atom is -0.396 e. The van der Waals surface area contributed by atoms with E-state index in [1.807, 2.05) is 0 Å². The van der Waals surface area contributed by atoms with Gasteiger partial charge >= 0.3 is 6.03 Å². The van der Waals surface area contributed by atoms with Crippen molar-refractivity contribution in [2.75, 3.05) is 38.2 Å². The molecular formula is C19H27N5O3. The minimum atomic E-state index is -0.398. The summed E-state index contributed by atoms with van der Waals surface area (Å²) in [6.45, 7) is 3.98. The number of aliphatic hydroxyl groups excluding tert-OH is 1. The van der Waals surface area contributed by atoms with Crippen molar-refractivity contribution in [2.45, 2.75) is 38.3 Å². The molecule has 27 heavy (non-hydrogen) atoms. The first-order valence-corrected chi connectivity index (χ1v) is 9.57. The second-order valence-corrected chi connectivity index (χ2v) is 7.51. The van der Waals surface area contributed by atoms with Gasteiger partial charge in [-0.15, -0.1) is 0 Å². The Morgan fingerprint density at radius 2 is 1.93 bits per heavy atom. The minimum absolute atomic E-state index is 0.0410. The number of nitrogens with one attached hydrogen (secondary N) is 1. The van der Waals surface area contributed by atoms with Gasteiger partial charge in [-0.2, -0.15) is 0 Å². The smallest absolute Gasteiger partial charge is 0.327 e. The lowest BCUT2D eigenvalue weighted by Gasteiger charge is -2.43. The van der Waals surface area contributed by atoms with Crippen molar-refractivity contribution in [1.29, 1.82) is 0 Å². The zero-order valence-corrected chi connectivity index (χ0v) is 15.8. The number of benzene rings is 1. The number of amides is 3. The predicted molar refractivity (Wildman–Crippen MR) is 101 cm³/mol. The Kier molecular flexibility index (Phi) is 4.79. The summed E-state index contributed by atoms with van der Waals surface area (Å²) in [5.74, 6) is -0.169. The van der Waals surface area contributed by atoms with Crippen molar-refractivity contribution >= 4 is 17.6 Å². The summed E-state index contributed by atoms with van der Waals surface area (Å²) in [6, 6.07) is 7.69. The van der Waals surface area contributed by atoms with Gasteiger partial charge in [-0.3, -0.25) is 19.9 Å². The third-order valence-corrected chi connectivity index (χ3v) is 5.78. The van der Waals surface area contributed by atoms with Gasteiger partial charge < -0.3 is 14.9 Å². The van der Waals surface area contributed by atoms with E-state index >= 15 is 0 Å². The van der Waals surface area contributed by atoms with E-state index in [1.54, 1.807) is 11.9 Å². The molecule has 3 atom stereocenters. The predicted octanol–water partition coefficient (Wildman–Crippen LogP) is 0.365. The molecule has 3 aliphatic rings. The van der Waals surface area contributed by atoms with Crippen LogP contribution >= 0.6 is 0 Å². The lowest BCUT2D eigenvalue weighted by Crippen LogP contribution is -2.66. The van der Waals surface area contributed by atoms with Crippen LogP contribution in [0.1, 0.15) is 18.4 Å². The van der Waals surface area contributed by atoms with E-state index in [-0.39, 0.29) is 37.5 Å². The number of carbonyl (C=O) groups is 2. The second-order valence-electron chi connectivity index (χ2n) is 7.51. The van der Waals surface area contributed by atoms with Gasteiger partial charge in [0.2, 0.25) is 0 Å². The Balaban J connectivity index is 1.62. The monoisotopic (exact) mass is 373 g/mol. The van der Waals surface area contributed by atoms with Crippen molar-refractivity contribution < 1.29 is 14.7 Å². The summed E-state index contributed by atoms with van der Waals surface area (Å²) in [4.78, 5) is 33.1. The van der Waals surface area contributed by atoms with Gasteiger partial charge in [-0.1, -0.05) is 17.7 Å². The molecule has 0 aromatic heterocycles. The zero-order chi connectivity index (χ0) is 19.1. The van der Waals surface area contributed by atoms with Crippen LogP contribution in [0.4, 0.5) is 10.5 Å². The van der Waals surface area contributed by atoms with Crippen LogP contribution in [0.25, 0.3) is 0 Å². The number of hydrogen-bond donors (Lipinski definition) is 2. The van der Waals surface area contributed by atoms with Crippen molar-refractivity contribution in [3.8, 4) is 0 Å². The second kappa shape index (κ2) is 7.10. The summed E-state index contributed by atoms with van der Waals surface area (Å²) in [7, 11) is 1.74. The number of urea groups is 1. The SMILES string of the molecule is Cc1ccc(N2CCCN3C4C(=O)N(CCCO)C(=O)N(C)C4NC23)cc1. The van der Waals surface area contributed by atoms with Gasteiger partial charge in [0.25, 0.3) is 5.91 Å². The van der Waals surface area contributed by atoms with Gasteiger partial charge in [0.1, 0.15) is 18.5 Å². The fourth-order valence-electron chi connectivity index (χ4n) is 4.35. The molecule has 3 amide bonds. The number of aryl methyl sites for hydroxylation is 1. The highest BCUT2D eigenvalue weighted by molar-refractivity contribution is 6.00. The maximum Gasteiger partial charge on any atom is 0.327 e. The first-order valence-electron chi connectivity index (χ1n) is 9.57. The molecule has 1 aromatic carbocycles. The molecule has 0 bridgehead atoms.